The summed E-state index contributed by atoms with van der Waals surface area (Å²) in [5, 5.41) is 22.7. The van der Waals surface area contributed by atoms with Crippen LogP contribution in [0.2, 0.25) is 0 Å². The number of aliphatic hydroxyl groups is 1. The molecule has 0 aliphatic heterocycles. The maximum Gasteiger partial charge on any atom is 0.134 e. The molecule has 3 nitrogen and oxygen atoms in total. The van der Waals surface area contributed by atoms with Crippen LogP contribution >= 0.6 is 15.9 Å². The molecular weight excluding hydrogens is 306 g/mol. The van der Waals surface area contributed by atoms with E-state index in [2.05, 4.69) is 21.2 Å². The van der Waals surface area contributed by atoms with Gasteiger partial charge in [-0.2, -0.15) is 0 Å². The smallest absolute Gasteiger partial charge is 0.134 e. The van der Waals surface area contributed by atoms with Crippen molar-refractivity contribution < 1.29 is 10.2 Å². The zero-order chi connectivity index (χ0) is 13.7. The number of rotatable bonds is 5. The van der Waals surface area contributed by atoms with Gasteiger partial charge in [-0.25, -0.2) is 0 Å². The molecule has 106 valence electrons. The van der Waals surface area contributed by atoms with Gasteiger partial charge < -0.3 is 15.5 Å². The number of phenols is 1. The van der Waals surface area contributed by atoms with E-state index in [0.29, 0.717) is 30.7 Å². The highest BCUT2D eigenvalue weighted by molar-refractivity contribution is 9.10. The van der Waals surface area contributed by atoms with E-state index in [4.69, 9.17) is 0 Å². The monoisotopic (exact) mass is 327 g/mol. The second-order valence-electron chi connectivity index (χ2n) is 5.37. The zero-order valence-corrected chi connectivity index (χ0v) is 12.7. The lowest BCUT2D eigenvalue weighted by Gasteiger charge is -2.30. The second-order valence-corrected chi connectivity index (χ2v) is 6.22. The molecule has 0 radical (unpaired) electrons. The quantitative estimate of drug-likeness (QED) is 0.779. The van der Waals surface area contributed by atoms with Crippen LogP contribution in [0.5, 0.6) is 5.75 Å². The van der Waals surface area contributed by atoms with Crippen molar-refractivity contribution in [1.29, 1.82) is 0 Å². The Hall–Kier alpha value is -0.580. The van der Waals surface area contributed by atoms with Crippen LogP contribution in [0.1, 0.15) is 31.2 Å². The molecule has 1 aromatic carbocycles. The van der Waals surface area contributed by atoms with E-state index < -0.39 is 0 Å². The summed E-state index contributed by atoms with van der Waals surface area (Å²) in [6, 6.07) is 5.69. The minimum atomic E-state index is 0.300. The van der Waals surface area contributed by atoms with Gasteiger partial charge in [0.25, 0.3) is 0 Å². The molecule has 2 unspecified atom stereocenters. The van der Waals surface area contributed by atoms with Gasteiger partial charge in [-0.1, -0.05) is 25.0 Å². The third kappa shape index (κ3) is 3.94. The number of aromatic hydroxyl groups is 1. The summed E-state index contributed by atoms with van der Waals surface area (Å²) in [7, 11) is 0. The number of hydrogen-bond donors (Lipinski definition) is 3. The summed E-state index contributed by atoms with van der Waals surface area (Å²) in [5.74, 6) is 1.32. The molecule has 1 aliphatic carbocycles. The van der Waals surface area contributed by atoms with Gasteiger partial charge in [0.15, 0.2) is 0 Å². The molecule has 19 heavy (non-hydrogen) atoms. The molecule has 1 saturated carbocycles. The van der Waals surface area contributed by atoms with Gasteiger partial charge >= 0.3 is 0 Å². The van der Waals surface area contributed by atoms with E-state index in [1.807, 2.05) is 18.2 Å². The van der Waals surface area contributed by atoms with Crippen LogP contribution in [0.4, 0.5) is 0 Å². The standard InChI is InChI=1S/C15H22BrNO2/c16-14-7-3-6-12(15(14)19)9-17-8-11-4-1-2-5-13(11)10-18/h3,6-7,11,13,17-19H,1-2,4-5,8-10H2. The molecule has 0 saturated heterocycles. The normalized spacial score (nSPS) is 23.5. The minimum Gasteiger partial charge on any atom is -0.506 e. The van der Waals surface area contributed by atoms with Gasteiger partial charge in [0, 0.05) is 18.7 Å². The highest BCUT2D eigenvalue weighted by Crippen LogP contribution is 2.30. The first-order valence-electron chi connectivity index (χ1n) is 7.00. The lowest BCUT2D eigenvalue weighted by atomic mass is 9.79. The number of hydrogen-bond acceptors (Lipinski definition) is 3. The van der Waals surface area contributed by atoms with Gasteiger partial charge in [-0.05, 0) is 53.2 Å². The Labute approximate surface area is 123 Å². The van der Waals surface area contributed by atoms with E-state index in [-0.39, 0.29) is 0 Å². The molecule has 1 aromatic rings. The molecule has 2 atom stereocenters. The van der Waals surface area contributed by atoms with E-state index >= 15 is 0 Å². The molecule has 0 spiro atoms. The van der Waals surface area contributed by atoms with Crippen molar-refractivity contribution in [2.45, 2.75) is 32.2 Å². The van der Waals surface area contributed by atoms with Gasteiger partial charge in [0.05, 0.1) is 4.47 Å². The maximum absolute atomic E-state index is 9.91. The lowest BCUT2D eigenvalue weighted by Crippen LogP contribution is -2.32. The molecule has 0 bridgehead atoms. The molecule has 0 amide bonds. The van der Waals surface area contributed by atoms with Gasteiger partial charge in [-0.15, -0.1) is 0 Å². The minimum absolute atomic E-state index is 0.300. The number of halogens is 1. The van der Waals surface area contributed by atoms with Crippen molar-refractivity contribution in [3.8, 4) is 5.75 Å². The average Bonchev–Trinajstić information content (AvgIpc) is 2.44. The van der Waals surface area contributed by atoms with E-state index in [1.165, 1.54) is 19.3 Å². The second kappa shape index (κ2) is 7.27. The Bertz CT molecular complexity index is 411. The predicted octanol–water partition coefficient (Wildman–Crippen LogP) is 3.04. The maximum atomic E-state index is 9.91. The SMILES string of the molecule is OCC1CCCCC1CNCc1cccc(Br)c1O. The van der Waals surface area contributed by atoms with Crippen molar-refractivity contribution in [1.82, 2.24) is 5.32 Å². The third-order valence-electron chi connectivity index (χ3n) is 4.09. The lowest BCUT2D eigenvalue weighted by molar-refractivity contribution is 0.133. The van der Waals surface area contributed by atoms with Crippen LogP contribution in [0, 0.1) is 11.8 Å². The summed E-state index contributed by atoms with van der Waals surface area (Å²) in [6.45, 7) is 1.88. The van der Waals surface area contributed by atoms with Gasteiger partial charge in [-0.3, -0.25) is 0 Å². The first kappa shape index (κ1) is 14.8. The first-order valence-corrected chi connectivity index (χ1v) is 7.79. The zero-order valence-electron chi connectivity index (χ0n) is 11.1. The molecule has 1 aliphatic rings. The van der Waals surface area contributed by atoms with Crippen LogP contribution in [-0.4, -0.2) is 23.4 Å². The van der Waals surface area contributed by atoms with Crippen LogP contribution in [-0.2, 0) is 6.54 Å². The molecular formula is C15H22BrNO2. The fraction of sp³-hybridized carbons (Fsp3) is 0.600. The van der Waals surface area contributed by atoms with Crippen molar-refractivity contribution in [3.63, 3.8) is 0 Å². The molecule has 0 heterocycles. The summed E-state index contributed by atoms with van der Waals surface area (Å²) >= 11 is 3.32. The summed E-state index contributed by atoms with van der Waals surface area (Å²) in [5.41, 5.74) is 0.908. The largest absolute Gasteiger partial charge is 0.506 e. The first-order chi connectivity index (χ1) is 9.22. The Kier molecular flexibility index (Phi) is 5.67. The predicted molar refractivity (Wildman–Crippen MR) is 80.0 cm³/mol. The highest BCUT2D eigenvalue weighted by Gasteiger charge is 2.23. The number of benzene rings is 1. The topological polar surface area (TPSA) is 52.5 Å². The summed E-state index contributed by atoms with van der Waals surface area (Å²) in [4.78, 5) is 0. The van der Waals surface area contributed by atoms with Crippen molar-refractivity contribution >= 4 is 15.9 Å². The number of phenolic OH excluding ortho intramolecular Hbond substituents is 1. The molecule has 4 heteroatoms. The van der Waals surface area contributed by atoms with Crippen LogP contribution in [0.3, 0.4) is 0 Å². The van der Waals surface area contributed by atoms with Crippen molar-refractivity contribution in [2.24, 2.45) is 11.8 Å². The van der Waals surface area contributed by atoms with Gasteiger partial charge in [0.1, 0.15) is 5.75 Å². The highest BCUT2D eigenvalue weighted by atomic mass is 79.9. The van der Waals surface area contributed by atoms with Crippen LogP contribution in [0.25, 0.3) is 0 Å². The number of aliphatic hydroxyl groups excluding tert-OH is 1. The third-order valence-corrected chi connectivity index (χ3v) is 4.73. The number of nitrogens with one attached hydrogen (secondary N) is 1. The van der Waals surface area contributed by atoms with E-state index in [9.17, 15) is 10.2 Å². The summed E-state index contributed by atoms with van der Waals surface area (Å²) < 4.78 is 0.734. The Morgan fingerprint density at radius 2 is 1.95 bits per heavy atom. The van der Waals surface area contributed by atoms with Crippen molar-refractivity contribution in [3.05, 3.63) is 28.2 Å². The van der Waals surface area contributed by atoms with E-state index in [1.54, 1.807) is 0 Å². The molecule has 2 rings (SSSR count). The number of para-hydroxylation sites is 1. The van der Waals surface area contributed by atoms with Crippen molar-refractivity contribution in [2.75, 3.05) is 13.2 Å². The van der Waals surface area contributed by atoms with Crippen LogP contribution in [0.15, 0.2) is 22.7 Å². The van der Waals surface area contributed by atoms with Gasteiger partial charge in [0.2, 0.25) is 0 Å². The summed E-state index contributed by atoms with van der Waals surface area (Å²) in [6.07, 6.45) is 4.85. The fourth-order valence-corrected chi connectivity index (χ4v) is 3.30. The fourth-order valence-electron chi connectivity index (χ4n) is 2.89. The molecule has 0 aromatic heterocycles. The Balaban J connectivity index is 1.84. The van der Waals surface area contributed by atoms with E-state index in [0.717, 1.165) is 23.0 Å². The molecule has 3 N–H and O–H groups in total. The van der Waals surface area contributed by atoms with Crippen LogP contribution < -0.4 is 5.32 Å². The Morgan fingerprint density at radius 3 is 2.68 bits per heavy atom. The molecule has 1 fully saturated rings. The Morgan fingerprint density at radius 1 is 1.21 bits per heavy atom. The average molecular weight is 328 g/mol.